The average Bonchev–Trinajstić information content (AvgIpc) is 0.837. The summed E-state index contributed by atoms with van der Waals surface area (Å²) >= 11 is 3.90. The fraction of sp³-hybridized carbons (Fsp3) is 0.610. The lowest BCUT2D eigenvalue weighted by atomic mass is 9.99. The zero-order chi connectivity index (χ0) is 90.5. The van der Waals surface area contributed by atoms with Crippen LogP contribution >= 0.6 is 12.6 Å². The van der Waals surface area contributed by atoms with Crippen LogP contribution in [0.5, 0.6) is 5.75 Å². The van der Waals surface area contributed by atoms with Crippen molar-refractivity contribution in [1.29, 1.82) is 0 Å². The van der Waals surface area contributed by atoms with Crippen molar-refractivity contribution in [2.24, 2.45) is 62.0 Å². The molecule has 0 heterocycles. The number of amides is 15. The Morgan fingerprint density at radius 2 is 0.667 bits per heavy atom. The number of unbranched alkanes of at least 4 members (excludes halogenated alkanes) is 2. The number of benzene rings is 2. The Bertz CT molecular complexity index is 3780. The molecular formula is C77H128N24O18S. The minimum absolute atomic E-state index is 0.0178. The summed E-state index contributed by atoms with van der Waals surface area (Å²) in [6.45, 7) is 14.8. The fourth-order valence-corrected chi connectivity index (χ4v) is 11.8. The summed E-state index contributed by atoms with van der Waals surface area (Å²) < 4.78 is 0. The number of nitrogens with one attached hydrogen (secondary N) is 15. The summed E-state index contributed by atoms with van der Waals surface area (Å²) in [6, 6.07) is -5.71. The second-order valence-electron chi connectivity index (χ2n) is 30.1. The minimum Gasteiger partial charge on any atom is -0.508 e. The molecule has 2 aromatic carbocycles. The Morgan fingerprint density at radius 1 is 0.358 bits per heavy atom. The van der Waals surface area contributed by atoms with Crippen molar-refractivity contribution < 1.29 is 86.9 Å². The number of guanidine groups is 2. The maximum Gasteiger partial charge on any atom is 0.327 e. The molecule has 2 rings (SSSR count). The quantitative estimate of drug-likeness (QED) is 0.0127. The standard InChI is InChI=1S/C77H128N24O18S/c1-40(2)34-55(98-65(108)46(9)89-63(106)44(7)93-72(115)57(36-48-20-12-11-13-21-48)99-66(109)47(10)90-67(110)51(80)22-14-16-30-78)71(114)92-43(6)62(105)88-45(8)64(107)95-53(24-18-32-85-76(81)82)70(113)100-56(35-41(3)4)73(116)101-58(37-49-26-28-50(102)29-27-49)74(117)97-54(25-19-33-86-77(83)84)69(112)96-52(23-15-17-31-79)68(111)91-42(5)61(104)87-38-60(103)94-59(39-120)75(118)119/h11-13,20-21,26-29,40-47,51-59,102,120H,14-19,22-25,30-39,78-80H2,1-10H3,(H,87,104)(H,88,105)(H,89,106)(H,90,110)(H,91,111)(H,92,114)(H,93,115)(H,94,103)(H,95,107)(H,96,112)(H,97,117)(H,98,108)(H,99,109)(H,100,113)(H,101,116)(H,118,119)(H4,81,82,85)(H4,83,84,86)/t42-,43-,44-,45-,46-,47-,51-,52-,53-,54-,55-,56-,57-,58-,59-/m0/s1. The van der Waals surface area contributed by atoms with Crippen LogP contribution < -0.4 is 120 Å². The van der Waals surface area contributed by atoms with E-state index in [0.29, 0.717) is 43.4 Å². The second kappa shape index (κ2) is 55.3. The topological polar surface area (TPSA) is 701 Å². The van der Waals surface area contributed by atoms with Crippen LogP contribution in [0, 0.1) is 11.8 Å². The van der Waals surface area contributed by atoms with E-state index in [-0.39, 0.29) is 119 Å². The number of hydrogen-bond donors (Lipinski definition) is 25. The molecule has 0 aromatic heterocycles. The van der Waals surface area contributed by atoms with E-state index < -0.39 is 192 Å². The molecule has 0 spiro atoms. The van der Waals surface area contributed by atoms with E-state index >= 15 is 0 Å². The molecule has 15 amide bonds. The highest BCUT2D eigenvalue weighted by atomic mass is 32.1. The van der Waals surface area contributed by atoms with Crippen molar-refractivity contribution in [1.82, 2.24) is 79.8 Å². The molecule has 0 fully saturated rings. The number of rotatable bonds is 56. The van der Waals surface area contributed by atoms with Gasteiger partial charge in [0.25, 0.3) is 0 Å². The average molecular weight is 1710 g/mol. The van der Waals surface area contributed by atoms with Gasteiger partial charge in [-0.15, -0.1) is 0 Å². The van der Waals surface area contributed by atoms with E-state index in [0.717, 1.165) is 0 Å². The number of carboxylic acids is 1. The van der Waals surface area contributed by atoms with Crippen molar-refractivity contribution in [3.8, 4) is 5.75 Å². The fourth-order valence-electron chi connectivity index (χ4n) is 11.6. The van der Waals surface area contributed by atoms with Gasteiger partial charge in [-0.05, 0) is 160 Å². The number of phenols is 1. The van der Waals surface area contributed by atoms with Gasteiger partial charge in [0.1, 0.15) is 90.3 Å². The van der Waals surface area contributed by atoms with Crippen LogP contribution in [0.2, 0.25) is 0 Å². The van der Waals surface area contributed by atoms with Gasteiger partial charge < -0.3 is 130 Å². The number of carbonyl (C=O) groups is 16. The maximum atomic E-state index is 14.8. The van der Waals surface area contributed by atoms with Gasteiger partial charge in [0.2, 0.25) is 88.6 Å². The lowest BCUT2D eigenvalue weighted by Gasteiger charge is -2.28. The molecule has 0 aliphatic heterocycles. The number of aliphatic carboxylic acids is 1. The number of carboxylic acid groups (broad SMARTS) is 1. The lowest BCUT2D eigenvalue weighted by molar-refractivity contribution is -0.141. The van der Waals surface area contributed by atoms with Crippen LogP contribution in [0.4, 0.5) is 0 Å². The molecule has 0 saturated heterocycles. The molecule has 0 unspecified atom stereocenters. The van der Waals surface area contributed by atoms with Gasteiger partial charge in [-0.1, -0.05) is 76.6 Å². The normalized spacial score (nSPS) is 14.8. The number of thiol groups is 1. The Morgan fingerprint density at radius 3 is 1.07 bits per heavy atom. The molecular weight excluding hydrogens is 1580 g/mol. The van der Waals surface area contributed by atoms with Crippen LogP contribution in [0.1, 0.15) is 157 Å². The zero-order valence-corrected chi connectivity index (χ0v) is 70.9. The third-order valence-corrected chi connectivity index (χ3v) is 18.8. The largest absolute Gasteiger partial charge is 0.508 e. The van der Waals surface area contributed by atoms with Crippen LogP contribution in [0.3, 0.4) is 0 Å². The third-order valence-electron chi connectivity index (χ3n) is 18.4. The van der Waals surface area contributed by atoms with Gasteiger partial charge in [-0.25, -0.2) is 4.79 Å². The molecule has 120 heavy (non-hydrogen) atoms. The van der Waals surface area contributed by atoms with Gasteiger partial charge in [-0.3, -0.25) is 81.9 Å². The van der Waals surface area contributed by atoms with E-state index in [9.17, 15) is 86.9 Å². The van der Waals surface area contributed by atoms with E-state index in [1.165, 1.54) is 65.8 Å². The van der Waals surface area contributed by atoms with Gasteiger partial charge in [-0.2, -0.15) is 12.6 Å². The highest BCUT2D eigenvalue weighted by Crippen LogP contribution is 2.16. The van der Waals surface area contributed by atoms with Crippen molar-refractivity contribution in [2.45, 2.75) is 250 Å². The minimum atomic E-state index is -1.56. The molecule has 0 aliphatic rings. The summed E-state index contributed by atoms with van der Waals surface area (Å²) in [7, 11) is 0. The first kappa shape index (κ1) is 105. The van der Waals surface area contributed by atoms with Gasteiger partial charge in [0, 0.05) is 31.7 Å². The van der Waals surface area contributed by atoms with Crippen LogP contribution in [-0.2, 0) is 89.6 Å². The number of carbonyl (C=O) groups excluding carboxylic acids is 15. The molecule has 31 N–H and O–H groups in total. The predicted octanol–water partition coefficient (Wildman–Crippen LogP) is -6.00. The number of aromatic hydroxyl groups is 1. The first-order chi connectivity index (χ1) is 56.5. The Balaban J connectivity index is 2.39. The molecule has 2 aromatic rings. The van der Waals surface area contributed by atoms with Gasteiger partial charge in [0.15, 0.2) is 11.9 Å². The molecule has 43 heteroatoms. The van der Waals surface area contributed by atoms with Crippen LogP contribution in [-0.4, -0.2) is 246 Å². The van der Waals surface area contributed by atoms with Crippen LogP contribution in [0.25, 0.3) is 0 Å². The molecule has 42 nitrogen and oxygen atoms in total. The summed E-state index contributed by atoms with van der Waals surface area (Å²) in [5, 5.41) is 57.6. The predicted molar refractivity (Wildman–Crippen MR) is 450 cm³/mol. The molecule has 0 radical (unpaired) electrons. The van der Waals surface area contributed by atoms with E-state index in [2.05, 4.69) is 102 Å². The highest BCUT2D eigenvalue weighted by molar-refractivity contribution is 7.80. The highest BCUT2D eigenvalue weighted by Gasteiger charge is 2.37. The Labute approximate surface area is 704 Å². The summed E-state index contributed by atoms with van der Waals surface area (Å²) in [5.41, 5.74) is 40.7. The molecule has 15 atom stereocenters. The van der Waals surface area contributed by atoms with Gasteiger partial charge >= 0.3 is 5.97 Å². The maximum absolute atomic E-state index is 14.8. The summed E-state index contributed by atoms with van der Waals surface area (Å²) in [5.74, 6) is -15.5. The molecule has 0 saturated carbocycles. The van der Waals surface area contributed by atoms with Crippen molar-refractivity contribution >= 4 is 119 Å². The van der Waals surface area contributed by atoms with Crippen LogP contribution in [0.15, 0.2) is 64.6 Å². The summed E-state index contributed by atoms with van der Waals surface area (Å²) in [6.07, 6.45) is 1.68. The zero-order valence-electron chi connectivity index (χ0n) is 70.0. The monoisotopic (exact) mass is 1710 g/mol. The van der Waals surface area contributed by atoms with E-state index in [1.54, 1.807) is 58.0 Å². The molecule has 0 bridgehead atoms. The number of nitrogens with zero attached hydrogens (tertiary/aromatic N) is 2. The number of phenolic OH excluding ortho intramolecular Hbond substituents is 1. The molecule has 670 valence electrons. The SMILES string of the molecule is CC(C)C[C@H](NC(=O)[C@H](C)NC(=O)[C@H](C)NC(=O)[C@H](Cc1ccccc1)NC(=O)[C@H](C)NC(=O)[C@@H](N)CCCCN)C(=O)N[C@@H](C)C(=O)N[C@@H](C)C(=O)N[C@@H](CCCN=C(N)N)C(=O)N[C@@H](CC(C)C)C(=O)N[C@@H](Cc1ccc(O)cc1)C(=O)N[C@@H](CCCN=C(N)N)C(=O)N[C@@H](CCCCN)C(=O)N[C@@H](C)C(=O)NCC(=O)N[C@@H](CS)C(=O)O. The summed E-state index contributed by atoms with van der Waals surface area (Å²) in [4.78, 5) is 227. The number of nitrogens with two attached hydrogens (primary N) is 7. The first-order valence-electron chi connectivity index (χ1n) is 39.9. The number of hydrogen-bond acceptors (Lipinski definition) is 23. The molecule has 0 aliphatic carbocycles. The number of aliphatic imine (C=N–C) groups is 2. The van der Waals surface area contributed by atoms with Crippen molar-refractivity contribution in [2.75, 3.05) is 38.5 Å². The Kier molecular flexibility index (Phi) is 48.2. The van der Waals surface area contributed by atoms with Crippen molar-refractivity contribution in [3.63, 3.8) is 0 Å². The Hall–Kier alpha value is -11.5. The lowest BCUT2D eigenvalue weighted by Crippen LogP contribution is -2.60. The first-order valence-corrected chi connectivity index (χ1v) is 40.6. The van der Waals surface area contributed by atoms with E-state index in [4.69, 9.17) is 40.1 Å². The third kappa shape index (κ3) is 41.3. The van der Waals surface area contributed by atoms with Gasteiger partial charge in [0.05, 0.1) is 12.6 Å². The second-order valence-corrected chi connectivity index (χ2v) is 30.4. The van der Waals surface area contributed by atoms with Crippen molar-refractivity contribution in [3.05, 3.63) is 65.7 Å². The smallest absolute Gasteiger partial charge is 0.327 e. The van der Waals surface area contributed by atoms with E-state index in [1.807, 2.05) is 0 Å².